The minimum Gasteiger partial charge on any atom is -0.460 e. The van der Waals surface area contributed by atoms with E-state index in [2.05, 4.69) is 20.8 Å². The summed E-state index contributed by atoms with van der Waals surface area (Å²) in [6, 6.07) is 13.9. The van der Waals surface area contributed by atoms with Gasteiger partial charge in [-0.3, -0.25) is 9.69 Å². The van der Waals surface area contributed by atoms with Crippen molar-refractivity contribution in [2.24, 2.45) is 0 Å². The number of halogens is 1. The number of piperidine rings is 1. The summed E-state index contributed by atoms with van der Waals surface area (Å²) in [5.74, 6) is -0.112. The van der Waals surface area contributed by atoms with Crippen LogP contribution in [0, 0.1) is 13.8 Å². The standard InChI is InChI=1S/C26H31BrN2O3/c1-18-15-21(27)16-19(2)24(18)25(30)28-13-10-22(11-14-28)29-12-6-9-23(29)17-32-26(31)20-7-4-3-5-8-20/h3-5,7-8,15-16,22-23H,6,9-14,17H2,1-2H3/t23-/m0/s1. The highest BCUT2D eigenvalue weighted by Gasteiger charge is 2.35. The summed E-state index contributed by atoms with van der Waals surface area (Å²) in [5, 5.41) is 0. The Kier molecular flexibility index (Phi) is 7.31. The summed E-state index contributed by atoms with van der Waals surface area (Å²) in [6.07, 6.45) is 4.11. The molecule has 1 atom stereocenters. The second kappa shape index (κ2) is 10.2. The van der Waals surface area contributed by atoms with Crippen molar-refractivity contribution in [2.45, 2.75) is 51.6 Å². The molecule has 0 saturated carbocycles. The molecule has 0 spiro atoms. The first-order valence-electron chi connectivity index (χ1n) is 11.5. The first-order valence-corrected chi connectivity index (χ1v) is 12.3. The highest BCUT2D eigenvalue weighted by molar-refractivity contribution is 9.10. The third kappa shape index (κ3) is 5.07. The molecule has 2 saturated heterocycles. The largest absolute Gasteiger partial charge is 0.460 e. The van der Waals surface area contributed by atoms with Gasteiger partial charge < -0.3 is 9.64 Å². The Hall–Kier alpha value is -2.18. The highest BCUT2D eigenvalue weighted by atomic mass is 79.9. The van der Waals surface area contributed by atoms with Gasteiger partial charge in [-0.25, -0.2) is 4.79 Å². The van der Waals surface area contributed by atoms with Crippen LogP contribution in [0.25, 0.3) is 0 Å². The van der Waals surface area contributed by atoms with Gasteiger partial charge in [-0.2, -0.15) is 0 Å². The number of likely N-dealkylation sites (tertiary alicyclic amines) is 2. The monoisotopic (exact) mass is 498 g/mol. The second-order valence-electron chi connectivity index (χ2n) is 8.94. The van der Waals surface area contributed by atoms with Crippen molar-refractivity contribution in [2.75, 3.05) is 26.2 Å². The van der Waals surface area contributed by atoms with Gasteiger partial charge in [0.15, 0.2) is 0 Å². The summed E-state index contributed by atoms with van der Waals surface area (Å²) < 4.78 is 6.65. The molecule has 5 nitrogen and oxygen atoms in total. The topological polar surface area (TPSA) is 49.9 Å². The van der Waals surface area contributed by atoms with Gasteiger partial charge in [-0.1, -0.05) is 34.1 Å². The van der Waals surface area contributed by atoms with Gasteiger partial charge in [0.25, 0.3) is 5.91 Å². The van der Waals surface area contributed by atoms with Gasteiger partial charge in [0, 0.05) is 35.2 Å². The minimum atomic E-state index is -0.252. The third-order valence-corrected chi connectivity index (χ3v) is 7.23. The van der Waals surface area contributed by atoms with Crippen LogP contribution in [0.3, 0.4) is 0 Å². The molecular weight excluding hydrogens is 468 g/mol. The lowest BCUT2D eigenvalue weighted by Crippen LogP contribution is -2.49. The van der Waals surface area contributed by atoms with Crippen LogP contribution in [0.5, 0.6) is 0 Å². The maximum Gasteiger partial charge on any atom is 0.338 e. The molecular formula is C26H31BrN2O3. The van der Waals surface area contributed by atoms with Crippen molar-refractivity contribution >= 4 is 27.8 Å². The SMILES string of the molecule is Cc1cc(Br)cc(C)c1C(=O)N1CCC(N2CCC[C@H]2COC(=O)c2ccccc2)CC1. The average Bonchev–Trinajstić information content (AvgIpc) is 3.26. The maximum atomic E-state index is 13.2. The van der Waals surface area contributed by atoms with Gasteiger partial charge >= 0.3 is 5.97 Å². The number of carbonyl (C=O) groups excluding carboxylic acids is 2. The molecule has 2 fully saturated rings. The molecule has 170 valence electrons. The fourth-order valence-corrected chi connectivity index (χ4v) is 5.84. The molecule has 2 aromatic rings. The predicted molar refractivity (Wildman–Crippen MR) is 129 cm³/mol. The average molecular weight is 499 g/mol. The van der Waals surface area contributed by atoms with Crippen LogP contribution in [-0.4, -0.2) is 60.0 Å². The first kappa shape index (κ1) is 23.0. The van der Waals surface area contributed by atoms with Gasteiger partial charge in [0.05, 0.1) is 5.56 Å². The van der Waals surface area contributed by atoms with Gasteiger partial charge in [0.2, 0.25) is 0 Å². The Morgan fingerprint density at radius 1 is 1.00 bits per heavy atom. The summed E-state index contributed by atoms with van der Waals surface area (Å²) in [6.45, 7) is 7.02. The van der Waals surface area contributed by atoms with Crippen molar-refractivity contribution in [1.29, 1.82) is 0 Å². The number of ether oxygens (including phenoxy) is 1. The molecule has 2 aliphatic rings. The lowest BCUT2D eigenvalue weighted by molar-refractivity contribution is 0.0277. The summed E-state index contributed by atoms with van der Waals surface area (Å²) in [7, 11) is 0. The fourth-order valence-electron chi connectivity index (χ4n) is 5.15. The first-order chi connectivity index (χ1) is 15.4. The fraction of sp³-hybridized carbons (Fsp3) is 0.462. The Morgan fingerprint density at radius 2 is 1.66 bits per heavy atom. The van der Waals surface area contributed by atoms with Crippen molar-refractivity contribution < 1.29 is 14.3 Å². The quantitative estimate of drug-likeness (QED) is 0.544. The normalized spacial score (nSPS) is 19.8. The number of amides is 1. The minimum absolute atomic E-state index is 0.140. The van der Waals surface area contributed by atoms with Crippen LogP contribution in [0.4, 0.5) is 0 Å². The zero-order valence-corrected chi connectivity index (χ0v) is 20.4. The third-order valence-electron chi connectivity index (χ3n) is 6.77. The number of nitrogens with zero attached hydrogens (tertiary/aromatic N) is 2. The second-order valence-corrected chi connectivity index (χ2v) is 9.85. The number of hydrogen-bond donors (Lipinski definition) is 0. The Labute approximate surface area is 198 Å². The van der Waals surface area contributed by atoms with Gasteiger partial charge in [0.1, 0.15) is 6.61 Å². The van der Waals surface area contributed by atoms with Crippen molar-refractivity contribution in [3.05, 3.63) is 69.2 Å². The van der Waals surface area contributed by atoms with Gasteiger partial charge in [-0.05, 0) is 81.5 Å². The van der Waals surface area contributed by atoms with E-state index in [1.165, 1.54) is 0 Å². The molecule has 6 heteroatoms. The Balaban J connectivity index is 1.32. The van der Waals surface area contributed by atoms with E-state index in [0.717, 1.165) is 66.5 Å². The van der Waals surface area contributed by atoms with Gasteiger partial charge in [-0.15, -0.1) is 0 Å². The van der Waals surface area contributed by atoms with Crippen molar-refractivity contribution in [3.8, 4) is 0 Å². The van der Waals surface area contributed by atoms with Crippen LogP contribution in [0.1, 0.15) is 57.5 Å². The molecule has 2 heterocycles. The molecule has 0 bridgehead atoms. The lowest BCUT2D eigenvalue weighted by atomic mass is 9.98. The molecule has 0 aliphatic carbocycles. The summed E-state index contributed by atoms with van der Waals surface area (Å²) in [5.41, 5.74) is 3.47. The van der Waals surface area contributed by atoms with E-state index < -0.39 is 0 Å². The van der Waals surface area contributed by atoms with E-state index in [1.807, 2.05) is 49.1 Å². The lowest BCUT2D eigenvalue weighted by Gasteiger charge is -2.39. The molecule has 2 aromatic carbocycles. The van der Waals surface area contributed by atoms with E-state index in [1.54, 1.807) is 12.1 Å². The molecule has 0 N–H and O–H groups in total. The number of carbonyl (C=O) groups is 2. The molecule has 2 aliphatic heterocycles. The summed E-state index contributed by atoms with van der Waals surface area (Å²) in [4.78, 5) is 30.0. The molecule has 0 unspecified atom stereocenters. The molecule has 1 amide bonds. The van der Waals surface area contributed by atoms with E-state index in [9.17, 15) is 9.59 Å². The Bertz CT molecular complexity index is 947. The zero-order valence-electron chi connectivity index (χ0n) is 18.9. The number of hydrogen-bond acceptors (Lipinski definition) is 4. The van der Waals surface area contributed by atoms with E-state index in [4.69, 9.17) is 4.74 Å². The number of benzene rings is 2. The van der Waals surface area contributed by atoms with Crippen LogP contribution >= 0.6 is 15.9 Å². The molecule has 4 rings (SSSR count). The van der Waals surface area contributed by atoms with Crippen molar-refractivity contribution in [3.63, 3.8) is 0 Å². The van der Waals surface area contributed by atoms with E-state index in [0.29, 0.717) is 18.2 Å². The summed E-state index contributed by atoms with van der Waals surface area (Å²) >= 11 is 3.52. The smallest absolute Gasteiger partial charge is 0.338 e. The van der Waals surface area contributed by atoms with Crippen LogP contribution in [0.2, 0.25) is 0 Å². The van der Waals surface area contributed by atoms with E-state index >= 15 is 0 Å². The van der Waals surface area contributed by atoms with Crippen LogP contribution in [0.15, 0.2) is 46.9 Å². The van der Waals surface area contributed by atoms with Crippen LogP contribution < -0.4 is 0 Å². The molecule has 32 heavy (non-hydrogen) atoms. The number of esters is 1. The highest BCUT2D eigenvalue weighted by Crippen LogP contribution is 2.28. The number of rotatable bonds is 5. The predicted octanol–water partition coefficient (Wildman–Crippen LogP) is 4.99. The van der Waals surface area contributed by atoms with Crippen LogP contribution in [-0.2, 0) is 4.74 Å². The molecule has 0 aromatic heterocycles. The maximum absolute atomic E-state index is 13.2. The zero-order chi connectivity index (χ0) is 22.7. The Morgan fingerprint density at radius 3 is 2.31 bits per heavy atom. The molecule has 0 radical (unpaired) electrons. The van der Waals surface area contributed by atoms with E-state index in [-0.39, 0.29) is 17.9 Å². The number of aryl methyl sites for hydroxylation is 2. The van der Waals surface area contributed by atoms with Crippen molar-refractivity contribution in [1.82, 2.24) is 9.80 Å².